The lowest BCUT2D eigenvalue weighted by atomic mass is 10.3. The number of carbonyl (C=O) groups excluding carboxylic acids is 1. The van der Waals surface area contributed by atoms with Crippen LogP contribution in [0.3, 0.4) is 0 Å². The van der Waals surface area contributed by atoms with Crippen molar-refractivity contribution in [2.45, 2.75) is 6.92 Å². The molecule has 16 heavy (non-hydrogen) atoms. The van der Waals surface area contributed by atoms with Gasteiger partial charge in [0, 0.05) is 19.2 Å². The first-order chi connectivity index (χ1) is 7.61. The predicted octanol–water partition coefficient (Wildman–Crippen LogP) is 1.62. The molecule has 0 amide bonds. The van der Waals surface area contributed by atoms with Crippen LogP contribution in [-0.2, 0) is 4.79 Å². The van der Waals surface area contributed by atoms with Crippen LogP contribution < -0.4 is 0 Å². The molecule has 0 aliphatic heterocycles. The van der Waals surface area contributed by atoms with Crippen LogP contribution in [0.1, 0.15) is 12.6 Å². The fourth-order valence-corrected chi connectivity index (χ4v) is 1.25. The Labute approximate surface area is 96.4 Å². The number of rotatable bonds is 2. The lowest BCUT2D eigenvalue weighted by Gasteiger charge is -1.92. The molecule has 0 aliphatic rings. The van der Waals surface area contributed by atoms with Crippen LogP contribution in [0.15, 0.2) is 18.3 Å². The van der Waals surface area contributed by atoms with E-state index in [4.69, 9.17) is 0 Å². The number of carbonyl (C=O) groups is 1. The van der Waals surface area contributed by atoms with Gasteiger partial charge < -0.3 is 0 Å². The zero-order valence-electron chi connectivity index (χ0n) is 8.47. The van der Waals surface area contributed by atoms with Gasteiger partial charge in [0.25, 0.3) is 0 Å². The third-order valence-electron chi connectivity index (χ3n) is 1.54. The number of hydrogen-bond donors (Lipinski definition) is 0. The van der Waals surface area contributed by atoms with Crippen molar-refractivity contribution >= 4 is 22.6 Å². The van der Waals surface area contributed by atoms with Crippen LogP contribution in [0.2, 0.25) is 0 Å². The van der Waals surface area contributed by atoms with Gasteiger partial charge in [0.2, 0.25) is 0 Å². The van der Waals surface area contributed by atoms with E-state index in [0.29, 0.717) is 5.75 Å². The van der Waals surface area contributed by atoms with Crippen LogP contribution in [0.25, 0.3) is 0 Å². The molecule has 82 valence electrons. The minimum absolute atomic E-state index is 0.0372. The molecule has 0 radical (unpaired) electrons. The highest BCUT2D eigenvalue weighted by molar-refractivity contribution is 8.13. The van der Waals surface area contributed by atoms with Crippen molar-refractivity contribution in [1.29, 1.82) is 0 Å². The zero-order chi connectivity index (χ0) is 12.0. The van der Waals surface area contributed by atoms with Gasteiger partial charge in [0.1, 0.15) is 0 Å². The molecule has 1 aromatic rings. The minimum Gasteiger partial charge on any atom is -0.288 e. The molecule has 5 nitrogen and oxygen atoms in total. The van der Waals surface area contributed by atoms with E-state index in [0.717, 1.165) is 11.8 Å². The molecule has 1 rings (SSSR count). The van der Waals surface area contributed by atoms with Crippen molar-refractivity contribution in [2.75, 3.05) is 5.75 Å². The van der Waals surface area contributed by atoms with Crippen LogP contribution in [0.4, 0.5) is 5.69 Å². The first kappa shape index (κ1) is 12.2. The van der Waals surface area contributed by atoms with Crippen LogP contribution >= 0.6 is 11.8 Å². The van der Waals surface area contributed by atoms with Gasteiger partial charge in [-0.3, -0.25) is 14.9 Å². The van der Waals surface area contributed by atoms with E-state index in [-0.39, 0.29) is 16.5 Å². The topological polar surface area (TPSA) is 73.1 Å². The monoisotopic (exact) mass is 236 g/mol. The predicted molar refractivity (Wildman–Crippen MR) is 60.9 cm³/mol. The third kappa shape index (κ3) is 3.71. The average Bonchev–Trinajstić information content (AvgIpc) is 2.24. The van der Waals surface area contributed by atoms with Crippen molar-refractivity contribution < 1.29 is 9.72 Å². The lowest BCUT2D eigenvalue weighted by molar-refractivity contribution is -0.385. The van der Waals surface area contributed by atoms with E-state index in [1.165, 1.54) is 25.3 Å². The summed E-state index contributed by atoms with van der Waals surface area (Å²) >= 11 is 1.05. The molecule has 0 saturated heterocycles. The Hall–Kier alpha value is -1.87. The molecule has 0 saturated carbocycles. The number of nitro groups is 1. The summed E-state index contributed by atoms with van der Waals surface area (Å²) in [4.78, 5) is 24.5. The molecule has 0 bridgehead atoms. The minimum atomic E-state index is -0.533. The summed E-state index contributed by atoms with van der Waals surface area (Å²) in [5.41, 5.74) is -0.000484. The third-order valence-corrected chi connectivity index (χ3v) is 2.23. The molecular formula is C10H8N2O3S. The maximum absolute atomic E-state index is 10.6. The van der Waals surface area contributed by atoms with Gasteiger partial charge in [-0.15, -0.1) is 0 Å². The maximum Gasteiger partial charge on any atom is 0.303 e. The molecular weight excluding hydrogens is 228 g/mol. The summed E-state index contributed by atoms with van der Waals surface area (Å²) in [5.74, 6) is 5.54. The van der Waals surface area contributed by atoms with E-state index in [2.05, 4.69) is 16.8 Å². The van der Waals surface area contributed by atoms with Crippen molar-refractivity contribution in [3.05, 3.63) is 34.1 Å². The fraction of sp³-hybridized carbons (Fsp3) is 0.200. The lowest BCUT2D eigenvalue weighted by Crippen LogP contribution is -1.94. The molecule has 0 fully saturated rings. The van der Waals surface area contributed by atoms with Gasteiger partial charge in [-0.05, 0) is 12.0 Å². The largest absolute Gasteiger partial charge is 0.303 e. The van der Waals surface area contributed by atoms with Crippen molar-refractivity contribution in [2.24, 2.45) is 0 Å². The average molecular weight is 236 g/mol. The van der Waals surface area contributed by atoms with Crippen molar-refractivity contribution in [3.8, 4) is 11.8 Å². The molecule has 0 atom stereocenters. The van der Waals surface area contributed by atoms with Gasteiger partial charge >= 0.3 is 5.69 Å². The van der Waals surface area contributed by atoms with Crippen LogP contribution in [0, 0.1) is 22.0 Å². The van der Waals surface area contributed by atoms with Crippen LogP contribution in [0.5, 0.6) is 0 Å². The van der Waals surface area contributed by atoms with E-state index in [1.54, 1.807) is 0 Å². The standard InChI is InChI=1S/C10H8N2O3S/c1-8(13)16-7-3-4-9-10(12(14)15)5-2-6-11-9/h2,5-6H,7H2,1H3. The SMILES string of the molecule is CC(=O)SCC#Cc1ncccc1[N+](=O)[O-]. The quantitative estimate of drug-likeness (QED) is 0.443. The summed E-state index contributed by atoms with van der Waals surface area (Å²) in [6.45, 7) is 1.44. The Bertz CT molecular complexity index is 476. The first-order valence-corrected chi connectivity index (χ1v) is 5.31. The number of pyridine rings is 1. The van der Waals surface area contributed by atoms with Crippen molar-refractivity contribution in [1.82, 2.24) is 4.98 Å². The molecule has 0 aromatic carbocycles. The van der Waals surface area contributed by atoms with Crippen molar-refractivity contribution in [3.63, 3.8) is 0 Å². The van der Waals surface area contributed by atoms with Gasteiger partial charge in [-0.2, -0.15) is 0 Å². The normalized spacial score (nSPS) is 9.06. The molecule has 0 unspecified atom stereocenters. The Morgan fingerprint density at radius 1 is 1.69 bits per heavy atom. The number of thioether (sulfide) groups is 1. The maximum atomic E-state index is 10.6. The van der Waals surface area contributed by atoms with Gasteiger partial charge in [-0.25, -0.2) is 4.98 Å². The van der Waals surface area contributed by atoms with Gasteiger partial charge in [0.05, 0.1) is 10.7 Å². The summed E-state index contributed by atoms with van der Waals surface area (Å²) in [5, 5.41) is 10.6. The highest BCUT2D eigenvalue weighted by atomic mass is 32.2. The molecule has 0 N–H and O–H groups in total. The number of hydrogen-bond acceptors (Lipinski definition) is 5. The smallest absolute Gasteiger partial charge is 0.288 e. The molecule has 1 aromatic heterocycles. The highest BCUT2D eigenvalue weighted by Crippen LogP contribution is 2.13. The summed E-state index contributed by atoms with van der Waals surface area (Å²) in [6.07, 6.45) is 1.44. The van der Waals surface area contributed by atoms with Gasteiger partial charge in [0.15, 0.2) is 10.8 Å². The summed E-state index contributed by atoms with van der Waals surface area (Å²) in [7, 11) is 0. The van der Waals surface area contributed by atoms with E-state index >= 15 is 0 Å². The van der Waals surface area contributed by atoms with E-state index < -0.39 is 4.92 Å². The van der Waals surface area contributed by atoms with E-state index in [1.807, 2.05) is 0 Å². The van der Waals surface area contributed by atoms with E-state index in [9.17, 15) is 14.9 Å². The molecule has 0 aliphatic carbocycles. The molecule has 6 heteroatoms. The molecule has 1 heterocycles. The number of aromatic nitrogens is 1. The Morgan fingerprint density at radius 2 is 2.44 bits per heavy atom. The second-order valence-electron chi connectivity index (χ2n) is 2.71. The second kappa shape index (κ2) is 5.88. The second-order valence-corrected chi connectivity index (χ2v) is 3.86. The fourth-order valence-electron chi connectivity index (χ4n) is 0.898. The van der Waals surface area contributed by atoms with Crippen LogP contribution in [-0.4, -0.2) is 20.8 Å². The zero-order valence-corrected chi connectivity index (χ0v) is 9.28. The Morgan fingerprint density at radius 3 is 3.06 bits per heavy atom. The Kier molecular flexibility index (Phi) is 4.48. The summed E-state index contributed by atoms with van der Waals surface area (Å²) < 4.78 is 0. The summed E-state index contributed by atoms with van der Waals surface area (Å²) in [6, 6.07) is 2.82. The van der Waals surface area contributed by atoms with Gasteiger partial charge in [-0.1, -0.05) is 17.7 Å². The highest BCUT2D eigenvalue weighted by Gasteiger charge is 2.11. The Balaban J connectivity index is 2.80. The molecule has 0 spiro atoms. The number of nitrogens with zero attached hydrogens (tertiary/aromatic N) is 2. The first-order valence-electron chi connectivity index (χ1n) is 4.33.